The Labute approximate surface area is 133 Å². The second-order valence-corrected chi connectivity index (χ2v) is 6.33. The van der Waals surface area contributed by atoms with Gasteiger partial charge in [0.2, 0.25) is 0 Å². The second kappa shape index (κ2) is 5.97. The molecule has 1 aromatic carbocycles. The Hall–Kier alpha value is -0.340. The number of anilines is 1. The zero-order valence-electron chi connectivity index (χ0n) is 10.5. The molecule has 0 spiro atoms. The number of benzene rings is 1. The predicted octanol–water partition coefficient (Wildman–Crippen LogP) is 5.36. The largest absolute Gasteiger partial charge is 0.376 e. The third kappa shape index (κ3) is 3.05. The van der Waals surface area contributed by atoms with Crippen LogP contribution in [-0.2, 0) is 0 Å². The Bertz CT molecular complexity index is 548. The van der Waals surface area contributed by atoms with Gasteiger partial charge in [0.15, 0.2) is 0 Å². The molecule has 0 saturated carbocycles. The van der Waals surface area contributed by atoms with Gasteiger partial charge in [0, 0.05) is 30.1 Å². The molecule has 2 unspecified atom stereocenters. The normalized spacial score (nSPS) is 22.8. The molecule has 0 heterocycles. The molecule has 102 valence electrons. The Morgan fingerprint density at radius 3 is 2.37 bits per heavy atom. The van der Waals surface area contributed by atoms with E-state index in [-0.39, 0.29) is 11.3 Å². The minimum absolute atomic E-state index is 0.168. The molecule has 19 heavy (non-hydrogen) atoms. The summed E-state index contributed by atoms with van der Waals surface area (Å²) in [5, 5.41) is 1.52. The second-order valence-electron chi connectivity index (χ2n) is 4.58. The van der Waals surface area contributed by atoms with Gasteiger partial charge < -0.3 is 4.90 Å². The zero-order valence-corrected chi connectivity index (χ0v) is 13.5. The number of alkyl halides is 1. The summed E-state index contributed by atoms with van der Waals surface area (Å²) < 4.78 is 0. The van der Waals surface area contributed by atoms with E-state index in [1.165, 1.54) is 0 Å². The first-order chi connectivity index (χ1) is 8.91. The summed E-state index contributed by atoms with van der Waals surface area (Å²) in [5.41, 5.74) is 1.85. The van der Waals surface area contributed by atoms with Crippen LogP contribution in [0.15, 0.2) is 40.4 Å². The molecule has 0 radical (unpaired) electrons. The Morgan fingerprint density at radius 1 is 1.11 bits per heavy atom. The van der Waals surface area contributed by atoms with Crippen LogP contribution in [0.25, 0.3) is 0 Å². The van der Waals surface area contributed by atoms with Gasteiger partial charge >= 0.3 is 0 Å². The lowest BCUT2D eigenvalue weighted by Gasteiger charge is -2.26. The van der Waals surface area contributed by atoms with Gasteiger partial charge in [0.1, 0.15) is 0 Å². The van der Waals surface area contributed by atoms with Crippen LogP contribution in [0.3, 0.4) is 0 Å². The van der Waals surface area contributed by atoms with Crippen molar-refractivity contribution in [1.82, 2.24) is 0 Å². The monoisotopic (exact) mass is 335 g/mol. The number of hydrogen-bond donors (Lipinski definition) is 0. The molecule has 2 rings (SSSR count). The van der Waals surface area contributed by atoms with E-state index in [1.807, 2.05) is 37.2 Å². The molecule has 1 nitrogen and oxygen atoms in total. The molecule has 0 bridgehead atoms. The minimum atomic E-state index is -0.306. The molecular weight excluding hydrogens is 324 g/mol. The van der Waals surface area contributed by atoms with Crippen LogP contribution in [0.5, 0.6) is 0 Å². The fraction of sp³-hybridized carbons (Fsp3) is 0.286. The van der Waals surface area contributed by atoms with Gasteiger partial charge in [-0.25, -0.2) is 0 Å². The van der Waals surface area contributed by atoms with Gasteiger partial charge in [0.05, 0.1) is 16.1 Å². The van der Waals surface area contributed by atoms with E-state index >= 15 is 0 Å². The van der Waals surface area contributed by atoms with E-state index in [1.54, 1.807) is 12.2 Å². The van der Waals surface area contributed by atoms with Crippen LogP contribution in [0, 0.1) is 0 Å². The van der Waals surface area contributed by atoms with Crippen molar-refractivity contribution in [3.05, 3.63) is 51.0 Å². The van der Waals surface area contributed by atoms with Crippen molar-refractivity contribution in [2.45, 2.75) is 11.3 Å². The van der Waals surface area contributed by atoms with Gasteiger partial charge in [-0.3, -0.25) is 0 Å². The van der Waals surface area contributed by atoms with Crippen molar-refractivity contribution in [3.63, 3.8) is 0 Å². The summed E-state index contributed by atoms with van der Waals surface area (Å²) in [6.45, 7) is 0. The smallest absolute Gasteiger partial charge is 0.0678 e. The van der Waals surface area contributed by atoms with Crippen molar-refractivity contribution in [2.24, 2.45) is 0 Å². The fourth-order valence-corrected chi connectivity index (χ4v) is 3.74. The molecule has 0 aromatic heterocycles. The van der Waals surface area contributed by atoms with Crippen LogP contribution in [0.1, 0.15) is 11.5 Å². The first kappa shape index (κ1) is 15.1. The van der Waals surface area contributed by atoms with Crippen LogP contribution in [-0.4, -0.2) is 19.5 Å². The first-order valence-electron chi connectivity index (χ1n) is 5.76. The highest BCUT2D eigenvalue weighted by Gasteiger charge is 2.29. The molecule has 0 amide bonds. The summed E-state index contributed by atoms with van der Waals surface area (Å²) in [6.07, 6.45) is 3.49. The average Bonchev–Trinajstić information content (AvgIpc) is 2.29. The molecule has 1 aliphatic carbocycles. The number of nitrogens with zero attached hydrogens (tertiary/aromatic N) is 1. The van der Waals surface area contributed by atoms with Gasteiger partial charge in [0.25, 0.3) is 0 Å². The summed E-state index contributed by atoms with van der Waals surface area (Å²) in [5.74, 6) is -0.168. The third-order valence-electron chi connectivity index (χ3n) is 3.03. The molecule has 0 saturated heterocycles. The van der Waals surface area contributed by atoms with Crippen LogP contribution in [0.4, 0.5) is 5.69 Å². The van der Waals surface area contributed by atoms with Gasteiger partial charge in [-0.05, 0) is 23.8 Å². The maximum atomic E-state index is 6.46. The van der Waals surface area contributed by atoms with Crippen molar-refractivity contribution >= 4 is 52.1 Å². The van der Waals surface area contributed by atoms with E-state index in [2.05, 4.69) is 0 Å². The number of allylic oxidation sites excluding steroid dienone is 4. The Balaban J connectivity index is 2.49. The fourth-order valence-electron chi connectivity index (χ4n) is 2.11. The predicted molar refractivity (Wildman–Crippen MR) is 86.0 cm³/mol. The lowest BCUT2D eigenvalue weighted by Crippen LogP contribution is -2.17. The van der Waals surface area contributed by atoms with Crippen molar-refractivity contribution in [2.75, 3.05) is 19.0 Å². The Morgan fingerprint density at radius 2 is 1.79 bits per heavy atom. The Kier molecular flexibility index (Phi) is 4.73. The van der Waals surface area contributed by atoms with Crippen LogP contribution < -0.4 is 4.90 Å². The number of hydrogen-bond acceptors (Lipinski definition) is 1. The molecular formula is C14H13Cl4N. The van der Waals surface area contributed by atoms with E-state index < -0.39 is 0 Å². The standard InChI is InChI=1S/C14H13Cl4N/c1-19(2)12-5-3-4-9(14(12)18)13-10(16)6-8(15)7-11(13)17/h3-7,10,13H,1-2H3. The maximum Gasteiger partial charge on any atom is 0.0678 e. The SMILES string of the molecule is CN(C)c1cccc(C2C(Cl)=CC(Cl)=CC2Cl)c1Cl. The van der Waals surface area contributed by atoms with Gasteiger partial charge in [-0.2, -0.15) is 0 Å². The van der Waals surface area contributed by atoms with Crippen molar-refractivity contribution in [3.8, 4) is 0 Å². The molecule has 5 heteroatoms. The molecule has 1 aliphatic rings. The van der Waals surface area contributed by atoms with E-state index in [0.717, 1.165) is 11.3 Å². The lowest BCUT2D eigenvalue weighted by molar-refractivity contribution is 0.842. The third-order valence-corrected chi connectivity index (χ3v) is 4.40. The highest BCUT2D eigenvalue weighted by Crippen LogP contribution is 2.43. The quantitative estimate of drug-likeness (QED) is 0.657. The van der Waals surface area contributed by atoms with Gasteiger partial charge in [-0.1, -0.05) is 46.9 Å². The molecule has 0 aliphatic heterocycles. The van der Waals surface area contributed by atoms with Crippen molar-refractivity contribution < 1.29 is 0 Å². The van der Waals surface area contributed by atoms with Crippen LogP contribution in [0.2, 0.25) is 5.02 Å². The molecule has 0 N–H and O–H groups in total. The number of rotatable bonds is 2. The summed E-state index contributed by atoms with van der Waals surface area (Å²) in [7, 11) is 3.89. The highest BCUT2D eigenvalue weighted by atomic mass is 35.5. The lowest BCUT2D eigenvalue weighted by atomic mass is 9.91. The van der Waals surface area contributed by atoms with Crippen molar-refractivity contribution in [1.29, 1.82) is 0 Å². The van der Waals surface area contributed by atoms with Gasteiger partial charge in [-0.15, -0.1) is 11.6 Å². The van der Waals surface area contributed by atoms with Crippen LogP contribution >= 0.6 is 46.4 Å². The minimum Gasteiger partial charge on any atom is -0.376 e. The molecule has 2 atom stereocenters. The summed E-state index contributed by atoms with van der Waals surface area (Å²) >= 11 is 25.1. The average molecular weight is 337 g/mol. The topological polar surface area (TPSA) is 3.24 Å². The molecule has 1 aromatic rings. The molecule has 0 fully saturated rings. The first-order valence-corrected chi connectivity index (χ1v) is 7.33. The van der Waals surface area contributed by atoms with E-state index in [0.29, 0.717) is 15.1 Å². The number of halogens is 4. The summed E-state index contributed by atoms with van der Waals surface area (Å²) in [6, 6.07) is 5.85. The maximum absolute atomic E-state index is 6.46. The van der Waals surface area contributed by atoms with E-state index in [9.17, 15) is 0 Å². The zero-order chi connectivity index (χ0) is 14.2. The summed E-state index contributed by atoms with van der Waals surface area (Å²) in [4.78, 5) is 1.96. The highest BCUT2D eigenvalue weighted by molar-refractivity contribution is 6.38. The van der Waals surface area contributed by atoms with E-state index in [4.69, 9.17) is 46.4 Å².